The van der Waals surface area contributed by atoms with E-state index in [4.69, 9.17) is 9.84 Å². The molecule has 1 amide bonds. The highest BCUT2D eigenvalue weighted by Gasteiger charge is 2.31. The van der Waals surface area contributed by atoms with E-state index in [-0.39, 0.29) is 0 Å². The van der Waals surface area contributed by atoms with Gasteiger partial charge in [0.25, 0.3) is 0 Å². The lowest BCUT2D eigenvalue weighted by atomic mass is 9.87. The van der Waals surface area contributed by atoms with Gasteiger partial charge in [-0.25, -0.2) is 4.79 Å². The van der Waals surface area contributed by atoms with Crippen LogP contribution in [-0.4, -0.2) is 30.1 Å². The first kappa shape index (κ1) is 16.8. The van der Waals surface area contributed by atoms with Crippen LogP contribution in [0.1, 0.15) is 26.3 Å². The highest BCUT2D eigenvalue weighted by atomic mass is 16.5. The lowest BCUT2D eigenvalue weighted by Gasteiger charge is -2.27. The molecule has 0 aliphatic rings. The molecule has 0 aliphatic heterocycles. The third-order valence-corrected chi connectivity index (χ3v) is 2.92. The van der Waals surface area contributed by atoms with E-state index >= 15 is 0 Å². The number of aliphatic carboxylic acids is 1. The number of nitrogens with one attached hydrogen (secondary N) is 1. The Bertz CT molecular complexity index is 543. The second kappa shape index (κ2) is 6.92. The number of methoxy groups -OCH3 is 1. The van der Waals surface area contributed by atoms with Crippen LogP contribution in [0, 0.1) is 5.41 Å². The van der Waals surface area contributed by atoms with Gasteiger partial charge in [-0.3, -0.25) is 4.79 Å². The molecule has 0 saturated heterocycles. The molecule has 0 aliphatic carbocycles. The largest absolute Gasteiger partial charge is 0.497 e. The van der Waals surface area contributed by atoms with E-state index in [1.165, 1.54) is 6.08 Å². The maximum absolute atomic E-state index is 11.8. The number of carboxylic acids is 1. The SMILES string of the molecule is COc1cccc(/C=C/C(=O)N[C@@H](C(=O)O)C(C)(C)C)c1. The van der Waals surface area contributed by atoms with E-state index in [0.717, 1.165) is 5.56 Å². The Hall–Kier alpha value is -2.30. The number of hydrogen-bond acceptors (Lipinski definition) is 3. The molecule has 0 saturated carbocycles. The fourth-order valence-corrected chi connectivity index (χ4v) is 1.76. The summed E-state index contributed by atoms with van der Waals surface area (Å²) in [7, 11) is 1.57. The van der Waals surface area contributed by atoms with Gasteiger partial charge in [-0.2, -0.15) is 0 Å². The Kier molecular flexibility index (Phi) is 5.52. The third-order valence-electron chi connectivity index (χ3n) is 2.92. The quantitative estimate of drug-likeness (QED) is 0.816. The molecule has 0 unspecified atom stereocenters. The van der Waals surface area contributed by atoms with Gasteiger partial charge >= 0.3 is 5.97 Å². The van der Waals surface area contributed by atoms with Crippen LogP contribution in [0.25, 0.3) is 6.08 Å². The van der Waals surface area contributed by atoms with Crippen molar-refractivity contribution in [1.82, 2.24) is 5.32 Å². The normalized spacial score (nSPS) is 13.0. The number of benzene rings is 1. The Labute approximate surface area is 124 Å². The molecule has 21 heavy (non-hydrogen) atoms. The van der Waals surface area contributed by atoms with Crippen LogP contribution >= 0.6 is 0 Å². The Balaban J connectivity index is 2.76. The van der Waals surface area contributed by atoms with Gasteiger partial charge < -0.3 is 15.2 Å². The van der Waals surface area contributed by atoms with Gasteiger partial charge in [-0.15, -0.1) is 0 Å². The predicted molar refractivity (Wildman–Crippen MR) is 81.0 cm³/mol. The van der Waals surface area contributed by atoms with Crippen LogP contribution in [0.3, 0.4) is 0 Å². The second-order valence-electron chi connectivity index (χ2n) is 5.76. The molecule has 5 heteroatoms. The zero-order valence-electron chi connectivity index (χ0n) is 12.7. The van der Waals surface area contributed by atoms with Gasteiger partial charge in [-0.1, -0.05) is 32.9 Å². The number of amides is 1. The maximum Gasteiger partial charge on any atom is 0.326 e. The van der Waals surface area contributed by atoms with E-state index in [2.05, 4.69) is 5.32 Å². The molecule has 0 fully saturated rings. The number of rotatable bonds is 5. The fourth-order valence-electron chi connectivity index (χ4n) is 1.76. The molecule has 0 spiro atoms. The van der Waals surface area contributed by atoms with E-state index in [1.807, 2.05) is 12.1 Å². The molecular weight excluding hydrogens is 270 g/mol. The fraction of sp³-hybridized carbons (Fsp3) is 0.375. The minimum Gasteiger partial charge on any atom is -0.497 e. The van der Waals surface area contributed by atoms with Gasteiger partial charge in [-0.05, 0) is 29.2 Å². The third kappa shape index (κ3) is 5.30. The summed E-state index contributed by atoms with van der Waals surface area (Å²) < 4.78 is 5.09. The van der Waals surface area contributed by atoms with Crippen molar-refractivity contribution < 1.29 is 19.4 Å². The lowest BCUT2D eigenvalue weighted by molar-refractivity contribution is -0.144. The molecule has 1 aromatic rings. The van der Waals surface area contributed by atoms with Crippen molar-refractivity contribution in [2.45, 2.75) is 26.8 Å². The van der Waals surface area contributed by atoms with Crippen molar-refractivity contribution in [1.29, 1.82) is 0 Å². The van der Waals surface area contributed by atoms with Crippen molar-refractivity contribution >= 4 is 18.0 Å². The number of carboxylic acid groups (broad SMARTS) is 1. The number of carbonyl (C=O) groups is 2. The Morgan fingerprint density at radius 1 is 1.33 bits per heavy atom. The molecule has 1 aromatic carbocycles. The lowest BCUT2D eigenvalue weighted by Crippen LogP contribution is -2.48. The second-order valence-corrected chi connectivity index (χ2v) is 5.76. The summed E-state index contributed by atoms with van der Waals surface area (Å²) in [6, 6.07) is 6.27. The first-order valence-corrected chi connectivity index (χ1v) is 6.59. The first-order valence-electron chi connectivity index (χ1n) is 6.59. The standard InChI is InChI=1S/C16H21NO4/c1-16(2,3)14(15(19)20)17-13(18)9-8-11-6-5-7-12(10-11)21-4/h5-10,14H,1-4H3,(H,17,18)(H,19,20)/b9-8+/t14-/m0/s1. The van der Waals surface area contributed by atoms with Crippen LogP contribution < -0.4 is 10.1 Å². The Morgan fingerprint density at radius 3 is 2.52 bits per heavy atom. The van der Waals surface area contributed by atoms with E-state index < -0.39 is 23.3 Å². The van der Waals surface area contributed by atoms with Gasteiger partial charge in [0.05, 0.1) is 7.11 Å². The summed E-state index contributed by atoms with van der Waals surface area (Å²) in [5, 5.41) is 11.7. The number of ether oxygens (including phenoxy) is 1. The molecule has 5 nitrogen and oxygen atoms in total. The topological polar surface area (TPSA) is 75.6 Å². The summed E-state index contributed by atoms with van der Waals surface area (Å²) in [6.45, 7) is 5.29. The smallest absolute Gasteiger partial charge is 0.326 e. The van der Waals surface area contributed by atoms with E-state index in [0.29, 0.717) is 5.75 Å². The molecule has 0 radical (unpaired) electrons. The molecule has 1 atom stereocenters. The number of carbonyl (C=O) groups excluding carboxylic acids is 1. The monoisotopic (exact) mass is 291 g/mol. The van der Waals surface area contributed by atoms with Crippen molar-refractivity contribution in [3.05, 3.63) is 35.9 Å². The van der Waals surface area contributed by atoms with Crippen LogP contribution in [0.2, 0.25) is 0 Å². The molecule has 0 aromatic heterocycles. The van der Waals surface area contributed by atoms with Gasteiger partial charge in [0.15, 0.2) is 0 Å². The van der Waals surface area contributed by atoms with Crippen LogP contribution in [-0.2, 0) is 9.59 Å². The van der Waals surface area contributed by atoms with Gasteiger partial charge in [0.2, 0.25) is 5.91 Å². The minimum absolute atomic E-state index is 0.444. The Morgan fingerprint density at radius 2 is 2.00 bits per heavy atom. The first-order chi connectivity index (χ1) is 9.74. The molecule has 114 valence electrons. The van der Waals surface area contributed by atoms with Crippen molar-refractivity contribution in [3.8, 4) is 5.75 Å². The highest BCUT2D eigenvalue weighted by Crippen LogP contribution is 2.19. The minimum atomic E-state index is -1.05. The molecular formula is C16H21NO4. The van der Waals surface area contributed by atoms with Crippen molar-refractivity contribution in [2.75, 3.05) is 7.11 Å². The van der Waals surface area contributed by atoms with E-state index in [9.17, 15) is 9.59 Å². The van der Waals surface area contributed by atoms with Gasteiger partial charge in [0, 0.05) is 6.08 Å². The summed E-state index contributed by atoms with van der Waals surface area (Å²) in [5.74, 6) is -0.804. The highest BCUT2D eigenvalue weighted by molar-refractivity contribution is 5.94. The van der Waals surface area contributed by atoms with Crippen molar-refractivity contribution in [2.24, 2.45) is 5.41 Å². The summed E-state index contributed by atoms with van der Waals surface area (Å²) >= 11 is 0. The zero-order chi connectivity index (χ0) is 16.0. The van der Waals surface area contributed by atoms with Crippen LogP contribution in [0.5, 0.6) is 5.75 Å². The molecule has 0 heterocycles. The molecule has 1 rings (SSSR count). The summed E-state index contributed by atoms with van der Waals surface area (Å²) in [6.07, 6.45) is 2.93. The van der Waals surface area contributed by atoms with Gasteiger partial charge in [0.1, 0.15) is 11.8 Å². The average molecular weight is 291 g/mol. The average Bonchev–Trinajstić information content (AvgIpc) is 2.41. The molecule has 0 bridgehead atoms. The maximum atomic E-state index is 11.8. The molecule has 2 N–H and O–H groups in total. The zero-order valence-corrected chi connectivity index (χ0v) is 12.7. The van der Waals surface area contributed by atoms with Crippen LogP contribution in [0.4, 0.5) is 0 Å². The number of hydrogen-bond donors (Lipinski definition) is 2. The van der Waals surface area contributed by atoms with E-state index in [1.54, 1.807) is 46.1 Å². The van der Waals surface area contributed by atoms with Crippen molar-refractivity contribution in [3.63, 3.8) is 0 Å². The predicted octanol–water partition coefficient (Wildman–Crippen LogP) is 2.32. The van der Waals surface area contributed by atoms with Crippen LogP contribution in [0.15, 0.2) is 30.3 Å². The summed E-state index contributed by atoms with van der Waals surface area (Å²) in [5.41, 5.74) is 0.234. The summed E-state index contributed by atoms with van der Waals surface area (Å²) in [4.78, 5) is 23.0.